The van der Waals surface area contributed by atoms with Crippen molar-refractivity contribution in [2.75, 3.05) is 12.3 Å². The molecule has 1 aromatic rings. The quantitative estimate of drug-likeness (QED) is 0.659. The van der Waals surface area contributed by atoms with Gasteiger partial charge in [0.2, 0.25) is 0 Å². The molecule has 1 aromatic carbocycles. The van der Waals surface area contributed by atoms with Crippen molar-refractivity contribution in [2.24, 2.45) is 10.9 Å². The van der Waals surface area contributed by atoms with E-state index in [1.54, 1.807) is 6.07 Å². The molecule has 2 rings (SSSR count). The smallest absolute Gasteiger partial charge is 0.343 e. The number of nitrogen functional groups attached to an aromatic ring is 1. The third-order valence-electron chi connectivity index (χ3n) is 3.20. The summed E-state index contributed by atoms with van der Waals surface area (Å²) in [7, 11) is 0. The van der Waals surface area contributed by atoms with E-state index in [0.717, 1.165) is 5.56 Å². The number of nitrogens with zero attached hydrogens (tertiary/aromatic N) is 1. The van der Waals surface area contributed by atoms with Crippen LogP contribution in [0.5, 0.6) is 0 Å². The predicted molar refractivity (Wildman–Crippen MR) is 82.2 cm³/mol. The SMILES string of the molecule is CC(C)COC(=O)C1=C(O)CC(c2ccccc2N)N=C1. The van der Waals surface area contributed by atoms with E-state index in [-0.39, 0.29) is 29.7 Å². The van der Waals surface area contributed by atoms with Gasteiger partial charge >= 0.3 is 5.97 Å². The highest BCUT2D eigenvalue weighted by Gasteiger charge is 2.24. The summed E-state index contributed by atoms with van der Waals surface area (Å²) in [5, 5.41) is 10.1. The van der Waals surface area contributed by atoms with E-state index in [9.17, 15) is 9.90 Å². The third kappa shape index (κ3) is 3.62. The molecular weight excluding hydrogens is 268 g/mol. The van der Waals surface area contributed by atoms with Gasteiger partial charge in [0, 0.05) is 18.3 Å². The lowest BCUT2D eigenvalue weighted by Crippen LogP contribution is -2.18. The number of hydrogen-bond acceptors (Lipinski definition) is 5. The van der Waals surface area contributed by atoms with Gasteiger partial charge in [0.25, 0.3) is 0 Å². The minimum Gasteiger partial charge on any atom is -0.511 e. The summed E-state index contributed by atoms with van der Waals surface area (Å²) in [4.78, 5) is 16.2. The number of anilines is 1. The van der Waals surface area contributed by atoms with Crippen LogP contribution in [-0.2, 0) is 9.53 Å². The minimum atomic E-state index is -0.538. The molecule has 0 fully saturated rings. The number of para-hydroxylation sites is 1. The molecule has 0 saturated carbocycles. The topological polar surface area (TPSA) is 84.9 Å². The van der Waals surface area contributed by atoms with Gasteiger partial charge in [-0.3, -0.25) is 4.99 Å². The number of benzene rings is 1. The molecule has 3 N–H and O–H groups in total. The van der Waals surface area contributed by atoms with Gasteiger partial charge in [-0.05, 0) is 17.5 Å². The number of dihydropyridines is 1. The molecule has 5 heteroatoms. The second kappa shape index (κ2) is 6.43. The number of ether oxygens (including phenoxy) is 1. The zero-order valence-electron chi connectivity index (χ0n) is 12.2. The second-order valence-electron chi connectivity index (χ2n) is 5.48. The van der Waals surface area contributed by atoms with Gasteiger partial charge in [-0.25, -0.2) is 4.79 Å². The van der Waals surface area contributed by atoms with Gasteiger partial charge in [0.05, 0.1) is 12.6 Å². The van der Waals surface area contributed by atoms with Crippen LogP contribution in [0.25, 0.3) is 0 Å². The maximum Gasteiger partial charge on any atom is 0.343 e. The van der Waals surface area contributed by atoms with E-state index in [2.05, 4.69) is 4.99 Å². The van der Waals surface area contributed by atoms with Crippen LogP contribution in [0, 0.1) is 5.92 Å². The van der Waals surface area contributed by atoms with E-state index < -0.39 is 5.97 Å². The average Bonchev–Trinajstić information content (AvgIpc) is 2.45. The molecule has 0 spiro atoms. The molecule has 1 aliphatic heterocycles. The Morgan fingerprint density at radius 2 is 2.19 bits per heavy atom. The Morgan fingerprint density at radius 1 is 1.48 bits per heavy atom. The van der Waals surface area contributed by atoms with E-state index in [4.69, 9.17) is 10.5 Å². The average molecular weight is 288 g/mol. The fourth-order valence-corrected chi connectivity index (χ4v) is 2.08. The first-order valence-corrected chi connectivity index (χ1v) is 6.96. The summed E-state index contributed by atoms with van der Waals surface area (Å²) in [5.41, 5.74) is 7.50. The molecule has 0 aliphatic carbocycles. The minimum absolute atomic E-state index is 0.00740. The Hall–Kier alpha value is -2.30. The first-order chi connectivity index (χ1) is 9.99. The molecule has 5 nitrogen and oxygen atoms in total. The molecule has 0 saturated heterocycles. The van der Waals surface area contributed by atoms with Crippen LogP contribution in [0.15, 0.2) is 40.6 Å². The molecule has 0 radical (unpaired) electrons. The number of hydrogen-bond donors (Lipinski definition) is 2. The summed E-state index contributed by atoms with van der Waals surface area (Å²) in [6.45, 7) is 4.22. The second-order valence-corrected chi connectivity index (χ2v) is 5.48. The lowest BCUT2D eigenvalue weighted by atomic mass is 9.97. The number of aliphatic hydroxyl groups excluding tert-OH is 1. The lowest BCUT2D eigenvalue weighted by molar-refractivity contribution is -0.139. The number of carbonyl (C=O) groups is 1. The maximum atomic E-state index is 11.9. The normalized spacial score (nSPS) is 18.1. The van der Waals surface area contributed by atoms with Crippen molar-refractivity contribution in [1.29, 1.82) is 0 Å². The Labute approximate surface area is 124 Å². The van der Waals surface area contributed by atoms with E-state index in [1.165, 1.54) is 6.21 Å². The summed E-state index contributed by atoms with van der Waals surface area (Å²) < 4.78 is 5.11. The lowest BCUT2D eigenvalue weighted by Gasteiger charge is -2.19. The van der Waals surface area contributed by atoms with E-state index in [0.29, 0.717) is 12.3 Å². The Bertz CT molecular complexity index is 591. The molecule has 21 heavy (non-hydrogen) atoms. The number of esters is 1. The molecule has 0 bridgehead atoms. The fraction of sp³-hybridized carbons (Fsp3) is 0.375. The zero-order valence-corrected chi connectivity index (χ0v) is 12.2. The summed E-state index contributed by atoms with van der Waals surface area (Å²) in [6.07, 6.45) is 1.62. The van der Waals surface area contributed by atoms with Crippen molar-refractivity contribution in [3.8, 4) is 0 Å². The Morgan fingerprint density at radius 3 is 2.81 bits per heavy atom. The summed E-state index contributed by atoms with van der Waals surface area (Å²) >= 11 is 0. The first-order valence-electron chi connectivity index (χ1n) is 6.96. The predicted octanol–water partition coefficient (Wildman–Crippen LogP) is 2.80. The van der Waals surface area contributed by atoms with Crippen LogP contribution in [0.1, 0.15) is 31.9 Å². The van der Waals surface area contributed by atoms with Gasteiger partial charge in [-0.2, -0.15) is 0 Å². The van der Waals surface area contributed by atoms with E-state index in [1.807, 2.05) is 32.0 Å². The van der Waals surface area contributed by atoms with Gasteiger partial charge in [0.1, 0.15) is 11.3 Å². The Kier molecular flexibility index (Phi) is 4.62. The molecular formula is C16H20N2O3. The Balaban J connectivity index is 2.10. The largest absolute Gasteiger partial charge is 0.511 e. The number of carbonyl (C=O) groups excluding carboxylic acids is 1. The monoisotopic (exact) mass is 288 g/mol. The summed E-state index contributed by atoms with van der Waals surface area (Å²) in [5.74, 6) is -0.300. The molecule has 0 aromatic heterocycles. The molecule has 112 valence electrons. The first kappa shape index (κ1) is 15.1. The molecule has 1 aliphatic rings. The van der Waals surface area contributed by atoms with Crippen molar-refractivity contribution in [3.05, 3.63) is 41.2 Å². The highest BCUT2D eigenvalue weighted by Crippen LogP contribution is 2.32. The third-order valence-corrected chi connectivity index (χ3v) is 3.20. The molecule has 0 amide bonds. The van der Waals surface area contributed by atoms with Crippen LogP contribution < -0.4 is 5.73 Å². The van der Waals surface area contributed by atoms with Gasteiger partial charge < -0.3 is 15.6 Å². The highest BCUT2D eigenvalue weighted by molar-refractivity contribution is 6.10. The number of nitrogens with two attached hydrogens (primary N) is 1. The van der Waals surface area contributed by atoms with Crippen molar-refractivity contribution >= 4 is 17.9 Å². The van der Waals surface area contributed by atoms with E-state index >= 15 is 0 Å². The molecule has 1 unspecified atom stereocenters. The van der Waals surface area contributed by atoms with Crippen LogP contribution in [0.2, 0.25) is 0 Å². The van der Waals surface area contributed by atoms with Crippen molar-refractivity contribution in [2.45, 2.75) is 26.3 Å². The molecule has 1 heterocycles. The number of rotatable bonds is 4. The summed E-state index contributed by atoms with van der Waals surface area (Å²) in [6, 6.07) is 7.10. The number of aliphatic imine (C=N–C) groups is 1. The van der Waals surface area contributed by atoms with Crippen molar-refractivity contribution in [1.82, 2.24) is 0 Å². The zero-order chi connectivity index (χ0) is 15.4. The maximum absolute atomic E-state index is 11.9. The highest BCUT2D eigenvalue weighted by atomic mass is 16.5. The standard InChI is InChI=1S/C16H20N2O3/c1-10(2)9-21-16(20)12-8-18-14(7-15(12)19)11-5-3-4-6-13(11)17/h3-6,8,10,14,19H,7,9,17H2,1-2H3. The molecule has 1 atom stereocenters. The van der Waals surface area contributed by atoms with Gasteiger partial charge in [-0.15, -0.1) is 0 Å². The van der Waals surface area contributed by atoms with Gasteiger partial charge in [0.15, 0.2) is 0 Å². The van der Waals surface area contributed by atoms with Crippen LogP contribution in [0.3, 0.4) is 0 Å². The van der Waals surface area contributed by atoms with Crippen LogP contribution >= 0.6 is 0 Å². The fourth-order valence-electron chi connectivity index (χ4n) is 2.08. The van der Waals surface area contributed by atoms with Crippen molar-refractivity contribution in [3.63, 3.8) is 0 Å². The number of aliphatic hydroxyl groups is 1. The van der Waals surface area contributed by atoms with Crippen LogP contribution in [-0.4, -0.2) is 23.9 Å². The van der Waals surface area contributed by atoms with Crippen LogP contribution in [0.4, 0.5) is 5.69 Å². The van der Waals surface area contributed by atoms with Crippen molar-refractivity contribution < 1.29 is 14.6 Å². The van der Waals surface area contributed by atoms with Gasteiger partial charge in [-0.1, -0.05) is 32.0 Å².